The second-order valence-corrected chi connectivity index (χ2v) is 7.47. The van der Waals surface area contributed by atoms with E-state index in [-0.39, 0.29) is 5.97 Å². The van der Waals surface area contributed by atoms with Crippen molar-refractivity contribution >= 4 is 5.97 Å². The van der Waals surface area contributed by atoms with Crippen molar-refractivity contribution in [1.29, 1.82) is 0 Å². The van der Waals surface area contributed by atoms with Crippen LogP contribution in [0.1, 0.15) is 44.6 Å². The zero-order chi connectivity index (χ0) is 15.8. The summed E-state index contributed by atoms with van der Waals surface area (Å²) in [5.74, 6) is 3.85. The lowest BCUT2D eigenvalue weighted by atomic mass is 9.54. The Bertz CT molecular complexity index is 584. The molecular weight excluding hydrogens is 288 g/mol. The third-order valence-corrected chi connectivity index (χ3v) is 5.74. The first-order chi connectivity index (χ1) is 11.2. The van der Waals surface area contributed by atoms with Crippen molar-refractivity contribution in [3.8, 4) is 5.75 Å². The van der Waals surface area contributed by atoms with Crippen LogP contribution < -0.4 is 4.74 Å². The average Bonchev–Trinajstić information content (AvgIpc) is 2.50. The van der Waals surface area contributed by atoms with E-state index in [0.717, 1.165) is 29.2 Å². The van der Waals surface area contributed by atoms with Gasteiger partial charge in [0, 0.05) is 6.92 Å². The van der Waals surface area contributed by atoms with Crippen molar-refractivity contribution in [2.24, 2.45) is 23.7 Å². The SMILES string of the molecule is CC(=O)Oc1ccc(COC=C2C3CC4CC(C3)CC2C4)cc1. The molecule has 4 saturated carbocycles. The van der Waals surface area contributed by atoms with Crippen LogP contribution in [0.4, 0.5) is 0 Å². The first-order valence-corrected chi connectivity index (χ1v) is 8.76. The number of esters is 1. The third kappa shape index (κ3) is 3.15. The summed E-state index contributed by atoms with van der Waals surface area (Å²) < 4.78 is 10.9. The molecule has 0 amide bonds. The number of allylic oxidation sites excluding steroid dienone is 1. The number of carbonyl (C=O) groups excluding carboxylic acids is 1. The molecule has 0 spiro atoms. The molecule has 4 aliphatic carbocycles. The fourth-order valence-corrected chi connectivity index (χ4v) is 4.97. The fourth-order valence-electron chi connectivity index (χ4n) is 4.97. The van der Waals surface area contributed by atoms with Crippen molar-refractivity contribution in [2.75, 3.05) is 0 Å². The molecule has 0 unspecified atom stereocenters. The van der Waals surface area contributed by atoms with Gasteiger partial charge in [-0.1, -0.05) is 12.1 Å². The summed E-state index contributed by atoms with van der Waals surface area (Å²) in [7, 11) is 0. The number of hydrogen-bond acceptors (Lipinski definition) is 3. The number of carbonyl (C=O) groups is 1. The highest BCUT2D eigenvalue weighted by atomic mass is 16.5. The summed E-state index contributed by atoms with van der Waals surface area (Å²) in [6, 6.07) is 7.54. The van der Waals surface area contributed by atoms with Crippen LogP contribution in [0.15, 0.2) is 36.1 Å². The maximum absolute atomic E-state index is 10.9. The molecule has 4 aliphatic rings. The van der Waals surface area contributed by atoms with E-state index in [1.807, 2.05) is 24.3 Å². The lowest BCUT2D eigenvalue weighted by Gasteiger charge is -2.51. The highest BCUT2D eigenvalue weighted by Gasteiger charge is 2.45. The maximum Gasteiger partial charge on any atom is 0.308 e. The first kappa shape index (κ1) is 14.8. The number of ether oxygens (including phenoxy) is 2. The summed E-state index contributed by atoms with van der Waals surface area (Å²) >= 11 is 0. The van der Waals surface area contributed by atoms with Gasteiger partial charge in [-0.2, -0.15) is 0 Å². The maximum atomic E-state index is 10.9. The first-order valence-electron chi connectivity index (χ1n) is 8.76. The van der Waals surface area contributed by atoms with Crippen LogP contribution in [0.2, 0.25) is 0 Å². The van der Waals surface area contributed by atoms with E-state index in [2.05, 4.69) is 6.26 Å². The molecule has 0 heterocycles. The Morgan fingerprint density at radius 2 is 1.65 bits per heavy atom. The van der Waals surface area contributed by atoms with E-state index < -0.39 is 0 Å². The van der Waals surface area contributed by atoms with Crippen LogP contribution in [0, 0.1) is 23.7 Å². The topological polar surface area (TPSA) is 35.5 Å². The fraction of sp³-hybridized carbons (Fsp3) is 0.550. The molecular formula is C20H24O3. The standard InChI is InChI=1S/C20H24O3/c1-13(21)23-19-4-2-14(3-5-19)11-22-12-20-17-7-15-6-16(9-17)10-18(20)8-15/h2-5,12,15-18H,6-11H2,1H3. The van der Waals surface area contributed by atoms with E-state index in [4.69, 9.17) is 9.47 Å². The van der Waals surface area contributed by atoms with Gasteiger partial charge in [-0.15, -0.1) is 0 Å². The van der Waals surface area contributed by atoms with Gasteiger partial charge in [-0.05, 0) is 79.0 Å². The molecule has 5 rings (SSSR count). The lowest BCUT2D eigenvalue weighted by molar-refractivity contribution is -0.131. The number of rotatable bonds is 4. The lowest BCUT2D eigenvalue weighted by Crippen LogP contribution is -2.40. The van der Waals surface area contributed by atoms with Gasteiger partial charge in [0.2, 0.25) is 0 Å². The molecule has 122 valence electrons. The normalized spacial score (nSPS) is 31.1. The highest BCUT2D eigenvalue weighted by molar-refractivity contribution is 5.69. The zero-order valence-corrected chi connectivity index (χ0v) is 13.7. The van der Waals surface area contributed by atoms with Gasteiger partial charge in [-0.25, -0.2) is 0 Å². The van der Waals surface area contributed by atoms with Crippen molar-refractivity contribution in [3.05, 3.63) is 41.7 Å². The van der Waals surface area contributed by atoms with Crippen LogP contribution in [-0.2, 0) is 16.1 Å². The Morgan fingerprint density at radius 3 is 2.22 bits per heavy atom. The summed E-state index contributed by atoms with van der Waals surface area (Å²) in [5.41, 5.74) is 2.68. The van der Waals surface area contributed by atoms with Gasteiger partial charge < -0.3 is 9.47 Å². The minimum absolute atomic E-state index is 0.291. The second-order valence-electron chi connectivity index (χ2n) is 7.47. The molecule has 1 aromatic rings. The minimum atomic E-state index is -0.291. The summed E-state index contributed by atoms with van der Waals surface area (Å²) in [5, 5.41) is 0. The summed E-state index contributed by atoms with van der Waals surface area (Å²) in [4.78, 5) is 10.9. The van der Waals surface area contributed by atoms with E-state index in [0.29, 0.717) is 12.4 Å². The van der Waals surface area contributed by atoms with Gasteiger partial charge in [0.25, 0.3) is 0 Å². The average molecular weight is 312 g/mol. The summed E-state index contributed by atoms with van der Waals surface area (Å²) in [6.07, 6.45) is 9.10. The van der Waals surface area contributed by atoms with Crippen LogP contribution >= 0.6 is 0 Å². The predicted molar refractivity (Wildman–Crippen MR) is 87.7 cm³/mol. The summed E-state index contributed by atoms with van der Waals surface area (Å²) in [6.45, 7) is 1.99. The van der Waals surface area contributed by atoms with Crippen molar-refractivity contribution in [2.45, 2.75) is 45.6 Å². The molecule has 1 aromatic carbocycles. The Labute approximate surface area is 137 Å². The quantitative estimate of drug-likeness (QED) is 0.467. The molecule has 4 fully saturated rings. The molecule has 23 heavy (non-hydrogen) atoms. The molecule has 0 saturated heterocycles. The number of hydrogen-bond donors (Lipinski definition) is 0. The number of benzene rings is 1. The van der Waals surface area contributed by atoms with Crippen molar-refractivity contribution in [1.82, 2.24) is 0 Å². The molecule has 0 aromatic heterocycles. The van der Waals surface area contributed by atoms with E-state index in [9.17, 15) is 4.79 Å². The zero-order valence-electron chi connectivity index (χ0n) is 13.7. The molecule has 0 radical (unpaired) electrons. The van der Waals surface area contributed by atoms with Crippen LogP contribution in [0.5, 0.6) is 5.75 Å². The van der Waals surface area contributed by atoms with Gasteiger partial charge in [0.15, 0.2) is 0 Å². The van der Waals surface area contributed by atoms with E-state index in [1.165, 1.54) is 39.0 Å². The molecule has 0 N–H and O–H groups in total. The minimum Gasteiger partial charge on any atom is -0.497 e. The smallest absolute Gasteiger partial charge is 0.308 e. The predicted octanol–water partition coefficient (Wildman–Crippen LogP) is 4.47. The van der Waals surface area contributed by atoms with Crippen LogP contribution in [0.25, 0.3) is 0 Å². The van der Waals surface area contributed by atoms with Crippen LogP contribution in [0.3, 0.4) is 0 Å². The molecule has 3 heteroatoms. The molecule has 0 atom stereocenters. The van der Waals surface area contributed by atoms with Crippen LogP contribution in [-0.4, -0.2) is 5.97 Å². The highest BCUT2D eigenvalue weighted by Crippen LogP contribution is 2.56. The molecule has 4 bridgehead atoms. The largest absolute Gasteiger partial charge is 0.497 e. The van der Waals surface area contributed by atoms with Gasteiger partial charge in [0.05, 0.1) is 6.26 Å². The van der Waals surface area contributed by atoms with Gasteiger partial charge in [-0.3, -0.25) is 4.79 Å². The molecule has 3 nitrogen and oxygen atoms in total. The second kappa shape index (κ2) is 6.03. The Kier molecular flexibility index (Phi) is 3.88. The monoisotopic (exact) mass is 312 g/mol. The van der Waals surface area contributed by atoms with E-state index in [1.54, 1.807) is 5.57 Å². The Balaban J connectivity index is 1.35. The van der Waals surface area contributed by atoms with Crippen molar-refractivity contribution in [3.63, 3.8) is 0 Å². The Morgan fingerprint density at radius 1 is 1.04 bits per heavy atom. The third-order valence-electron chi connectivity index (χ3n) is 5.74. The Hall–Kier alpha value is -1.77. The van der Waals surface area contributed by atoms with E-state index >= 15 is 0 Å². The molecule has 0 aliphatic heterocycles. The van der Waals surface area contributed by atoms with Crippen molar-refractivity contribution < 1.29 is 14.3 Å². The van der Waals surface area contributed by atoms with Gasteiger partial charge >= 0.3 is 5.97 Å². The van der Waals surface area contributed by atoms with Gasteiger partial charge in [0.1, 0.15) is 12.4 Å².